The summed E-state index contributed by atoms with van der Waals surface area (Å²) in [5, 5.41) is 3.41. The fourth-order valence-corrected chi connectivity index (χ4v) is 3.32. The molecule has 0 aromatic heterocycles. The SMILES string of the molecule is CC1(c2ccccc2)NC(=O)N(NC(=O)CCc2ccccc2Br)C1=O. The predicted octanol–water partition coefficient (Wildman–Crippen LogP) is 2.88. The number of halogens is 1. The quantitative estimate of drug-likeness (QED) is 0.736. The van der Waals surface area contributed by atoms with Gasteiger partial charge >= 0.3 is 6.03 Å². The highest BCUT2D eigenvalue weighted by molar-refractivity contribution is 9.10. The highest BCUT2D eigenvalue weighted by atomic mass is 79.9. The van der Waals surface area contributed by atoms with Gasteiger partial charge in [0.05, 0.1) is 0 Å². The number of rotatable bonds is 5. The number of nitrogens with one attached hydrogen (secondary N) is 2. The van der Waals surface area contributed by atoms with Crippen LogP contribution >= 0.6 is 15.9 Å². The third-order valence-corrected chi connectivity index (χ3v) is 5.13. The molecule has 0 spiro atoms. The van der Waals surface area contributed by atoms with Crippen molar-refractivity contribution in [1.82, 2.24) is 15.8 Å². The minimum atomic E-state index is -1.20. The summed E-state index contributed by atoms with van der Waals surface area (Å²) in [4.78, 5) is 37.2. The summed E-state index contributed by atoms with van der Waals surface area (Å²) in [6.45, 7) is 1.62. The number of carbonyl (C=O) groups is 3. The van der Waals surface area contributed by atoms with Crippen LogP contribution in [0.5, 0.6) is 0 Å². The number of imide groups is 1. The molecule has 2 aromatic carbocycles. The van der Waals surface area contributed by atoms with Crippen LogP contribution in [0.4, 0.5) is 4.79 Å². The lowest BCUT2D eigenvalue weighted by Crippen LogP contribution is -2.48. The number of benzene rings is 2. The zero-order valence-corrected chi connectivity index (χ0v) is 15.7. The maximum atomic E-state index is 12.7. The average molecular weight is 416 g/mol. The van der Waals surface area contributed by atoms with Crippen molar-refractivity contribution in [2.75, 3.05) is 0 Å². The molecule has 26 heavy (non-hydrogen) atoms. The molecule has 3 rings (SSSR count). The summed E-state index contributed by atoms with van der Waals surface area (Å²) >= 11 is 3.43. The summed E-state index contributed by atoms with van der Waals surface area (Å²) in [6, 6.07) is 15.9. The van der Waals surface area contributed by atoms with E-state index >= 15 is 0 Å². The zero-order valence-electron chi connectivity index (χ0n) is 14.2. The van der Waals surface area contributed by atoms with Gasteiger partial charge in [0.2, 0.25) is 5.91 Å². The molecule has 1 aliphatic rings. The van der Waals surface area contributed by atoms with E-state index in [1.54, 1.807) is 31.2 Å². The van der Waals surface area contributed by atoms with Gasteiger partial charge < -0.3 is 5.32 Å². The molecule has 0 radical (unpaired) electrons. The molecule has 0 saturated carbocycles. The molecule has 1 atom stereocenters. The lowest BCUT2D eigenvalue weighted by molar-refractivity contribution is -0.139. The Labute approximate surface area is 159 Å². The largest absolute Gasteiger partial charge is 0.344 e. The van der Waals surface area contributed by atoms with Crippen LogP contribution in [0.25, 0.3) is 0 Å². The molecule has 6 nitrogen and oxygen atoms in total. The van der Waals surface area contributed by atoms with Crippen LogP contribution < -0.4 is 10.7 Å². The molecule has 0 bridgehead atoms. The molecular formula is C19H18BrN3O3. The number of urea groups is 1. The van der Waals surface area contributed by atoms with E-state index in [2.05, 4.69) is 26.7 Å². The lowest BCUT2D eigenvalue weighted by atomic mass is 9.92. The Morgan fingerprint density at radius 3 is 2.46 bits per heavy atom. The van der Waals surface area contributed by atoms with Crippen molar-refractivity contribution in [3.05, 3.63) is 70.2 Å². The van der Waals surface area contributed by atoms with Crippen molar-refractivity contribution in [2.24, 2.45) is 0 Å². The molecule has 134 valence electrons. The van der Waals surface area contributed by atoms with E-state index < -0.39 is 23.4 Å². The first-order chi connectivity index (χ1) is 12.4. The number of aryl methyl sites for hydroxylation is 1. The third kappa shape index (κ3) is 3.48. The van der Waals surface area contributed by atoms with Gasteiger partial charge in [0.1, 0.15) is 5.54 Å². The second-order valence-electron chi connectivity index (χ2n) is 6.19. The fourth-order valence-electron chi connectivity index (χ4n) is 2.84. The maximum Gasteiger partial charge on any atom is 0.344 e. The van der Waals surface area contributed by atoms with Crippen molar-refractivity contribution >= 4 is 33.8 Å². The van der Waals surface area contributed by atoms with Gasteiger partial charge in [-0.2, -0.15) is 5.01 Å². The van der Waals surface area contributed by atoms with Crippen molar-refractivity contribution in [3.8, 4) is 0 Å². The molecule has 1 aliphatic heterocycles. The van der Waals surface area contributed by atoms with Crippen LogP contribution in [0.15, 0.2) is 59.1 Å². The maximum absolute atomic E-state index is 12.7. The van der Waals surface area contributed by atoms with Crippen molar-refractivity contribution < 1.29 is 14.4 Å². The zero-order chi connectivity index (χ0) is 18.7. The number of nitrogens with zero attached hydrogens (tertiary/aromatic N) is 1. The number of carbonyl (C=O) groups excluding carboxylic acids is 3. The summed E-state index contributed by atoms with van der Waals surface area (Å²) < 4.78 is 0.916. The Hall–Kier alpha value is -2.67. The molecule has 1 heterocycles. The Morgan fingerprint density at radius 2 is 1.77 bits per heavy atom. The van der Waals surface area contributed by atoms with E-state index in [9.17, 15) is 14.4 Å². The highest BCUT2D eigenvalue weighted by Crippen LogP contribution is 2.27. The van der Waals surface area contributed by atoms with E-state index in [1.165, 1.54) is 0 Å². The average Bonchev–Trinajstić information content (AvgIpc) is 2.86. The number of hydrogen-bond acceptors (Lipinski definition) is 3. The molecule has 2 N–H and O–H groups in total. The van der Waals surface area contributed by atoms with Gasteiger partial charge in [0.15, 0.2) is 0 Å². The van der Waals surface area contributed by atoms with Gasteiger partial charge in [-0.1, -0.05) is 64.5 Å². The van der Waals surface area contributed by atoms with Crippen molar-refractivity contribution in [3.63, 3.8) is 0 Å². The van der Waals surface area contributed by atoms with E-state index in [4.69, 9.17) is 0 Å². The van der Waals surface area contributed by atoms with E-state index in [0.29, 0.717) is 12.0 Å². The molecule has 0 aliphatic carbocycles. The Bertz CT molecular complexity index is 856. The standard InChI is InChI=1S/C19H18BrN3O3/c1-19(14-8-3-2-4-9-14)17(25)23(18(26)21-19)22-16(24)12-11-13-7-5-6-10-15(13)20/h2-10H,11-12H2,1H3,(H,21,26)(H,22,24). The predicted molar refractivity (Wildman–Crippen MR) is 99.8 cm³/mol. The van der Waals surface area contributed by atoms with E-state index in [0.717, 1.165) is 15.0 Å². The van der Waals surface area contributed by atoms with Crippen LogP contribution in [0, 0.1) is 0 Å². The number of amides is 4. The molecule has 7 heteroatoms. The summed E-state index contributed by atoms with van der Waals surface area (Å²) in [7, 11) is 0. The van der Waals surface area contributed by atoms with Gasteiger partial charge in [-0.05, 0) is 30.5 Å². The molecule has 1 unspecified atom stereocenters. The van der Waals surface area contributed by atoms with E-state index in [1.807, 2.05) is 30.3 Å². The Balaban J connectivity index is 1.66. The van der Waals surface area contributed by atoms with Crippen LogP contribution in [-0.2, 0) is 21.5 Å². The van der Waals surface area contributed by atoms with Crippen LogP contribution in [-0.4, -0.2) is 22.9 Å². The van der Waals surface area contributed by atoms with Crippen LogP contribution in [0.1, 0.15) is 24.5 Å². The Morgan fingerprint density at radius 1 is 1.12 bits per heavy atom. The monoisotopic (exact) mass is 415 g/mol. The first kappa shape index (κ1) is 18.1. The first-order valence-corrected chi connectivity index (χ1v) is 8.96. The normalized spacial score (nSPS) is 19.4. The minimum Gasteiger partial charge on any atom is -0.318 e. The van der Waals surface area contributed by atoms with Gasteiger partial charge in [0.25, 0.3) is 5.91 Å². The summed E-state index contributed by atoms with van der Waals surface area (Å²) in [5.41, 5.74) is 2.85. The highest BCUT2D eigenvalue weighted by Gasteiger charge is 2.49. The topological polar surface area (TPSA) is 78.5 Å². The summed E-state index contributed by atoms with van der Waals surface area (Å²) in [6.07, 6.45) is 0.647. The lowest BCUT2D eigenvalue weighted by Gasteiger charge is -2.22. The first-order valence-electron chi connectivity index (χ1n) is 8.17. The Kier molecular flexibility index (Phi) is 5.08. The van der Waals surface area contributed by atoms with E-state index in [-0.39, 0.29) is 6.42 Å². The second-order valence-corrected chi connectivity index (χ2v) is 7.04. The van der Waals surface area contributed by atoms with Gasteiger partial charge in [-0.3, -0.25) is 15.0 Å². The van der Waals surface area contributed by atoms with Gasteiger partial charge in [-0.25, -0.2) is 4.79 Å². The van der Waals surface area contributed by atoms with Gasteiger partial charge in [-0.15, -0.1) is 0 Å². The third-order valence-electron chi connectivity index (χ3n) is 4.36. The van der Waals surface area contributed by atoms with Gasteiger partial charge in [0, 0.05) is 10.9 Å². The summed E-state index contributed by atoms with van der Waals surface area (Å²) in [5.74, 6) is -0.912. The minimum absolute atomic E-state index is 0.154. The fraction of sp³-hybridized carbons (Fsp3) is 0.211. The van der Waals surface area contributed by atoms with Crippen LogP contribution in [0.3, 0.4) is 0 Å². The van der Waals surface area contributed by atoms with Crippen molar-refractivity contribution in [1.29, 1.82) is 0 Å². The number of hydrogen-bond donors (Lipinski definition) is 2. The molecule has 2 aromatic rings. The van der Waals surface area contributed by atoms with Crippen molar-refractivity contribution in [2.45, 2.75) is 25.3 Å². The second kappa shape index (κ2) is 7.29. The number of hydrazine groups is 1. The molecule has 1 fully saturated rings. The smallest absolute Gasteiger partial charge is 0.318 e. The molecule has 4 amide bonds. The van der Waals surface area contributed by atoms with Crippen LogP contribution in [0.2, 0.25) is 0 Å². The molecule has 1 saturated heterocycles. The molecular weight excluding hydrogens is 398 g/mol.